The van der Waals surface area contributed by atoms with Crippen molar-refractivity contribution in [3.05, 3.63) is 11.8 Å². The molecule has 1 aromatic rings. The third kappa shape index (κ3) is 3.59. The first-order valence-corrected chi connectivity index (χ1v) is 6.26. The van der Waals surface area contributed by atoms with Crippen LogP contribution in [0.15, 0.2) is 4.42 Å². The molecule has 1 N–H and O–H groups in total. The summed E-state index contributed by atoms with van der Waals surface area (Å²) < 4.78 is 5.68. The highest BCUT2D eigenvalue weighted by molar-refractivity contribution is 4.90. The van der Waals surface area contributed by atoms with Crippen LogP contribution >= 0.6 is 0 Å². The molecule has 0 aliphatic rings. The summed E-state index contributed by atoms with van der Waals surface area (Å²) in [6, 6.07) is 0.197. The van der Waals surface area contributed by atoms with Crippen LogP contribution in [0.4, 0.5) is 0 Å². The normalized spacial score (nSPS) is 15.0. The Hall–Kier alpha value is -0.900. The van der Waals surface area contributed by atoms with Gasteiger partial charge >= 0.3 is 0 Å². The molecule has 0 radical (unpaired) electrons. The van der Waals surface area contributed by atoms with E-state index in [0.717, 1.165) is 37.6 Å². The van der Waals surface area contributed by atoms with Crippen LogP contribution in [0, 0.1) is 5.92 Å². The van der Waals surface area contributed by atoms with Gasteiger partial charge in [-0.1, -0.05) is 34.1 Å². The lowest BCUT2D eigenvalue weighted by atomic mass is 10.1. The molecule has 1 rings (SSSR count). The number of hydrogen-bond acceptors (Lipinski definition) is 4. The molecule has 0 aliphatic carbocycles. The van der Waals surface area contributed by atoms with Crippen LogP contribution in [0.2, 0.25) is 0 Å². The molecule has 0 saturated heterocycles. The Labute approximate surface area is 97.8 Å². The van der Waals surface area contributed by atoms with Gasteiger partial charge in [0.2, 0.25) is 11.8 Å². The van der Waals surface area contributed by atoms with Gasteiger partial charge in [0.05, 0.1) is 6.04 Å². The van der Waals surface area contributed by atoms with Crippen molar-refractivity contribution in [1.29, 1.82) is 0 Å². The van der Waals surface area contributed by atoms with Gasteiger partial charge in [0.25, 0.3) is 0 Å². The van der Waals surface area contributed by atoms with E-state index in [1.807, 2.05) is 0 Å². The second kappa shape index (κ2) is 6.63. The third-order valence-electron chi connectivity index (χ3n) is 2.86. The Kier molecular flexibility index (Phi) is 5.46. The van der Waals surface area contributed by atoms with Gasteiger partial charge in [-0.2, -0.15) is 0 Å². The zero-order valence-corrected chi connectivity index (χ0v) is 10.8. The summed E-state index contributed by atoms with van der Waals surface area (Å²) in [4.78, 5) is 0. The van der Waals surface area contributed by atoms with E-state index >= 15 is 0 Å². The highest BCUT2D eigenvalue weighted by atomic mass is 16.4. The molecule has 2 atom stereocenters. The molecular formula is C12H23N3O. The van der Waals surface area contributed by atoms with Crippen molar-refractivity contribution in [3.63, 3.8) is 0 Å². The maximum Gasteiger partial charge on any atom is 0.233 e. The molecule has 0 aliphatic heterocycles. The van der Waals surface area contributed by atoms with Crippen LogP contribution in [0.1, 0.15) is 58.4 Å². The van der Waals surface area contributed by atoms with Crippen molar-refractivity contribution < 1.29 is 4.42 Å². The Balaban J connectivity index is 2.62. The number of nitrogens with one attached hydrogen (secondary N) is 1. The van der Waals surface area contributed by atoms with Crippen molar-refractivity contribution in [1.82, 2.24) is 15.5 Å². The Bertz CT molecular complexity index is 298. The molecule has 4 heteroatoms. The average Bonchev–Trinajstić information content (AvgIpc) is 2.74. The standard InChI is InChI=1S/C12H23N3O/c1-5-9(4)8-11-14-15-12(16-11)10(6-2)13-7-3/h9-10,13H,5-8H2,1-4H3. The van der Waals surface area contributed by atoms with Crippen molar-refractivity contribution in [2.75, 3.05) is 6.54 Å². The first-order valence-electron chi connectivity index (χ1n) is 6.26. The van der Waals surface area contributed by atoms with E-state index in [2.05, 4.69) is 43.2 Å². The van der Waals surface area contributed by atoms with Crippen LogP contribution in [0.5, 0.6) is 0 Å². The maximum atomic E-state index is 5.68. The Morgan fingerprint density at radius 1 is 1.19 bits per heavy atom. The van der Waals surface area contributed by atoms with Gasteiger partial charge < -0.3 is 9.73 Å². The summed E-state index contributed by atoms with van der Waals surface area (Å²) in [5.41, 5.74) is 0. The van der Waals surface area contributed by atoms with E-state index in [-0.39, 0.29) is 6.04 Å². The lowest BCUT2D eigenvalue weighted by Gasteiger charge is -2.10. The topological polar surface area (TPSA) is 51.0 Å². The maximum absolute atomic E-state index is 5.68. The predicted molar refractivity (Wildman–Crippen MR) is 64.2 cm³/mol. The summed E-state index contributed by atoms with van der Waals surface area (Å²) in [5, 5.41) is 11.5. The van der Waals surface area contributed by atoms with E-state index in [1.165, 1.54) is 0 Å². The molecule has 16 heavy (non-hydrogen) atoms. The fourth-order valence-corrected chi connectivity index (χ4v) is 1.58. The third-order valence-corrected chi connectivity index (χ3v) is 2.86. The highest BCUT2D eigenvalue weighted by Crippen LogP contribution is 2.17. The molecule has 0 saturated carbocycles. The molecule has 0 amide bonds. The smallest absolute Gasteiger partial charge is 0.233 e. The van der Waals surface area contributed by atoms with Gasteiger partial charge in [-0.3, -0.25) is 0 Å². The molecular weight excluding hydrogens is 202 g/mol. The Morgan fingerprint density at radius 3 is 2.50 bits per heavy atom. The second-order valence-electron chi connectivity index (χ2n) is 4.27. The highest BCUT2D eigenvalue weighted by Gasteiger charge is 2.16. The van der Waals surface area contributed by atoms with Crippen LogP contribution in [-0.4, -0.2) is 16.7 Å². The summed E-state index contributed by atoms with van der Waals surface area (Å²) in [6.07, 6.45) is 2.99. The van der Waals surface area contributed by atoms with E-state index in [0.29, 0.717) is 5.92 Å². The lowest BCUT2D eigenvalue weighted by molar-refractivity contribution is 0.362. The van der Waals surface area contributed by atoms with Gasteiger partial charge in [0.1, 0.15) is 0 Å². The molecule has 1 heterocycles. The van der Waals surface area contributed by atoms with Crippen LogP contribution in [0.3, 0.4) is 0 Å². The minimum absolute atomic E-state index is 0.197. The van der Waals surface area contributed by atoms with Crippen molar-refractivity contribution in [2.24, 2.45) is 5.92 Å². The second-order valence-corrected chi connectivity index (χ2v) is 4.27. The van der Waals surface area contributed by atoms with E-state index in [1.54, 1.807) is 0 Å². The fourth-order valence-electron chi connectivity index (χ4n) is 1.58. The SMILES string of the molecule is CCNC(CC)c1nnc(CC(C)CC)o1. The molecule has 2 unspecified atom stereocenters. The van der Waals surface area contributed by atoms with E-state index in [9.17, 15) is 0 Å². The van der Waals surface area contributed by atoms with Gasteiger partial charge in [0.15, 0.2) is 0 Å². The molecule has 0 spiro atoms. The minimum Gasteiger partial charge on any atom is -0.424 e. The average molecular weight is 225 g/mol. The first-order chi connectivity index (χ1) is 7.71. The number of nitrogens with zero attached hydrogens (tertiary/aromatic N) is 2. The zero-order valence-electron chi connectivity index (χ0n) is 10.8. The predicted octanol–water partition coefficient (Wildman–Crippen LogP) is 2.72. The lowest BCUT2D eigenvalue weighted by Crippen LogP contribution is -2.20. The van der Waals surface area contributed by atoms with Crippen molar-refractivity contribution in [3.8, 4) is 0 Å². The van der Waals surface area contributed by atoms with Crippen LogP contribution in [0.25, 0.3) is 0 Å². The van der Waals surface area contributed by atoms with E-state index in [4.69, 9.17) is 4.42 Å². The van der Waals surface area contributed by atoms with Gasteiger partial charge in [0, 0.05) is 6.42 Å². The largest absolute Gasteiger partial charge is 0.424 e. The zero-order chi connectivity index (χ0) is 12.0. The van der Waals surface area contributed by atoms with Gasteiger partial charge in [-0.05, 0) is 18.9 Å². The molecule has 0 bridgehead atoms. The first kappa shape index (κ1) is 13.2. The summed E-state index contributed by atoms with van der Waals surface area (Å²) >= 11 is 0. The fraction of sp³-hybridized carbons (Fsp3) is 0.833. The quantitative estimate of drug-likeness (QED) is 0.775. The molecule has 92 valence electrons. The van der Waals surface area contributed by atoms with Crippen LogP contribution < -0.4 is 5.32 Å². The monoisotopic (exact) mass is 225 g/mol. The summed E-state index contributed by atoms with van der Waals surface area (Å²) in [5.74, 6) is 2.09. The Morgan fingerprint density at radius 2 is 1.94 bits per heavy atom. The van der Waals surface area contributed by atoms with Crippen LogP contribution in [-0.2, 0) is 6.42 Å². The van der Waals surface area contributed by atoms with Gasteiger partial charge in [-0.25, -0.2) is 0 Å². The summed E-state index contributed by atoms with van der Waals surface area (Å²) in [6.45, 7) is 9.49. The molecule has 0 fully saturated rings. The van der Waals surface area contributed by atoms with Crippen molar-refractivity contribution >= 4 is 0 Å². The number of hydrogen-bond donors (Lipinski definition) is 1. The minimum atomic E-state index is 0.197. The van der Waals surface area contributed by atoms with Gasteiger partial charge in [-0.15, -0.1) is 10.2 Å². The van der Waals surface area contributed by atoms with E-state index < -0.39 is 0 Å². The molecule has 4 nitrogen and oxygen atoms in total. The molecule has 0 aromatic carbocycles. The number of rotatable bonds is 7. The van der Waals surface area contributed by atoms with Crippen molar-refractivity contribution in [2.45, 2.75) is 53.0 Å². The molecule has 1 aromatic heterocycles. The summed E-state index contributed by atoms with van der Waals surface area (Å²) in [7, 11) is 0. The number of aromatic nitrogens is 2.